The van der Waals surface area contributed by atoms with Crippen LogP contribution in [-0.4, -0.2) is 251 Å². The summed E-state index contributed by atoms with van der Waals surface area (Å²) in [4.78, 5) is 0. The monoisotopic (exact) mass is 909 g/mol. The predicted octanol–water partition coefficient (Wildman–Crippen LogP) is -3.02. The first-order chi connectivity index (χ1) is 30.6. The molecule has 0 aromatic carbocycles. The molecule has 0 radical (unpaired) electrons. The van der Waals surface area contributed by atoms with Crippen molar-refractivity contribution < 1.29 is 75.8 Å². The lowest BCUT2D eigenvalue weighted by Gasteiger charge is -2.36. The Hall–Kier alpha value is -0.880. The Kier molecular flexibility index (Phi) is 48.8. The van der Waals surface area contributed by atoms with Crippen molar-refractivity contribution in [2.24, 2.45) is 45.2 Å². The summed E-state index contributed by atoms with van der Waals surface area (Å²) in [5.41, 5.74) is 32.6. The minimum absolute atomic E-state index is 0.242. The molecular formula is C40H88N6O16. The van der Waals surface area contributed by atoms with E-state index in [1.54, 1.807) is 0 Å². The summed E-state index contributed by atoms with van der Waals surface area (Å²) in [5.74, 6) is 0. The predicted molar refractivity (Wildman–Crippen MR) is 232 cm³/mol. The van der Waals surface area contributed by atoms with Crippen LogP contribution in [0.3, 0.4) is 0 Å². The molecule has 0 atom stereocenters. The Bertz CT molecular complexity index is 834. The van der Waals surface area contributed by atoms with Gasteiger partial charge in [-0.15, -0.1) is 0 Å². The maximum absolute atomic E-state index is 6.42. The lowest BCUT2D eigenvalue weighted by Crippen LogP contribution is -2.46. The summed E-state index contributed by atoms with van der Waals surface area (Å²) in [5, 5.41) is 0. The van der Waals surface area contributed by atoms with Crippen molar-refractivity contribution in [1.82, 2.24) is 0 Å². The van der Waals surface area contributed by atoms with Crippen LogP contribution in [-0.2, 0) is 75.8 Å². The molecule has 0 rings (SSSR count). The van der Waals surface area contributed by atoms with Crippen molar-refractivity contribution in [3.63, 3.8) is 0 Å². The first kappa shape index (κ1) is 61.1. The van der Waals surface area contributed by atoms with Crippen LogP contribution in [0.1, 0.15) is 0 Å². The van der Waals surface area contributed by atoms with Gasteiger partial charge in [0.2, 0.25) is 0 Å². The summed E-state index contributed by atoms with van der Waals surface area (Å²) in [6.07, 6.45) is 0. The molecule has 0 aliphatic carbocycles. The average Bonchev–Trinajstić information content (AvgIpc) is 3.27. The van der Waals surface area contributed by atoms with Gasteiger partial charge in [0.1, 0.15) is 0 Å². The summed E-state index contributed by atoms with van der Waals surface area (Å²) in [7, 11) is 0. The normalized spacial score (nSPS) is 12.3. The largest absolute Gasteiger partial charge is 0.380 e. The highest BCUT2D eigenvalue weighted by atomic mass is 16.6. The molecule has 0 aliphatic heterocycles. The van der Waals surface area contributed by atoms with Crippen molar-refractivity contribution in [2.45, 2.75) is 0 Å². The van der Waals surface area contributed by atoms with E-state index in [4.69, 9.17) is 110 Å². The molecule has 0 saturated carbocycles. The van der Waals surface area contributed by atoms with Crippen LogP contribution in [0.2, 0.25) is 0 Å². The molecular weight excluding hydrogens is 820 g/mol. The smallest absolute Gasteiger partial charge is 0.0701 e. The third-order valence-corrected chi connectivity index (χ3v) is 8.19. The maximum atomic E-state index is 6.42. The first-order valence-corrected chi connectivity index (χ1v) is 22.0. The van der Waals surface area contributed by atoms with Crippen LogP contribution >= 0.6 is 0 Å². The average molecular weight is 909 g/mol. The zero-order valence-electron chi connectivity index (χ0n) is 37.9. The minimum atomic E-state index is -0.670. The standard InChI is InChI=1S/C40H88N6O16/c41-1-7-47-13-14-48-15-16-49-17-18-50-19-20-51-21-22-52-23-24-53-25-26-54-27-28-55-29-30-61-36-40(34-59-11-5-45,35-60-12-6-46)38-62-37-39(31-56-8-2-42,32-57-9-3-43)33-58-10-4-44/h1-38,41-46H2. The van der Waals surface area contributed by atoms with Gasteiger partial charge in [-0.2, -0.15) is 0 Å². The van der Waals surface area contributed by atoms with E-state index in [-0.39, 0.29) is 33.0 Å². The van der Waals surface area contributed by atoms with Crippen molar-refractivity contribution in [3.05, 3.63) is 0 Å². The molecule has 0 aromatic rings. The van der Waals surface area contributed by atoms with E-state index in [0.717, 1.165) is 0 Å². The zero-order valence-corrected chi connectivity index (χ0v) is 37.9. The van der Waals surface area contributed by atoms with E-state index < -0.39 is 10.8 Å². The highest BCUT2D eigenvalue weighted by Crippen LogP contribution is 2.25. The SMILES string of the molecule is NCCOCCOCCOCCOCCOCCOCCOCCOCCOCCOCC(COCCN)(COCCN)COCC(COCCN)(COCCN)COCCN. The molecule has 12 N–H and O–H groups in total. The molecule has 0 bridgehead atoms. The van der Waals surface area contributed by atoms with Gasteiger partial charge in [0, 0.05) is 39.3 Å². The van der Waals surface area contributed by atoms with Crippen LogP contribution in [0.4, 0.5) is 0 Å². The molecule has 0 aromatic heterocycles. The van der Waals surface area contributed by atoms with Gasteiger partial charge in [-0.05, 0) is 0 Å². The van der Waals surface area contributed by atoms with Crippen LogP contribution in [0, 0.1) is 10.8 Å². The lowest BCUT2D eigenvalue weighted by atomic mass is 9.90. The molecule has 0 aliphatic rings. The highest BCUT2D eigenvalue weighted by molar-refractivity contribution is 4.83. The Morgan fingerprint density at radius 2 is 0.290 bits per heavy atom. The van der Waals surface area contributed by atoms with Crippen molar-refractivity contribution in [3.8, 4) is 0 Å². The lowest BCUT2D eigenvalue weighted by molar-refractivity contribution is -0.142. The Morgan fingerprint density at radius 1 is 0.161 bits per heavy atom. The van der Waals surface area contributed by atoms with Gasteiger partial charge in [0.15, 0.2) is 0 Å². The Balaban J connectivity index is 4.28. The van der Waals surface area contributed by atoms with E-state index in [0.29, 0.717) is 218 Å². The van der Waals surface area contributed by atoms with Gasteiger partial charge in [-0.25, -0.2) is 0 Å². The molecule has 22 heteroatoms. The maximum Gasteiger partial charge on any atom is 0.0701 e. The summed E-state index contributed by atoms with van der Waals surface area (Å²) >= 11 is 0. The van der Waals surface area contributed by atoms with Crippen molar-refractivity contribution in [1.29, 1.82) is 0 Å². The molecule has 0 unspecified atom stereocenters. The van der Waals surface area contributed by atoms with Gasteiger partial charge in [0.05, 0.1) is 222 Å². The fourth-order valence-corrected chi connectivity index (χ4v) is 5.20. The third-order valence-electron chi connectivity index (χ3n) is 8.19. The second kappa shape index (κ2) is 49.6. The molecule has 0 fully saturated rings. The quantitative estimate of drug-likeness (QED) is 0.0331. The van der Waals surface area contributed by atoms with Crippen molar-refractivity contribution in [2.75, 3.05) is 251 Å². The fourth-order valence-electron chi connectivity index (χ4n) is 5.20. The second-order valence-electron chi connectivity index (χ2n) is 14.1. The number of ether oxygens (including phenoxy) is 16. The molecule has 62 heavy (non-hydrogen) atoms. The van der Waals surface area contributed by atoms with Crippen LogP contribution in [0.15, 0.2) is 0 Å². The van der Waals surface area contributed by atoms with E-state index in [9.17, 15) is 0 Å². The topological polar surface area (TPSA) is 304 Å². The first-order valence-electron chi connectivity index (χ1n) is 22.0. The van der Waals surface area contributed by atoms with Crippen LogP contribution in [0.5, 0.6) is 0 Å². The number of nitrogens with two attached hydrogens (primary N) is 6. The minimum Gasteiger partial charge on any atom is -0.380 e. The molecule has 0 spiro atoms. The van der Waals surface area contributed by atoms with Gasteiger partial charge < -0.3 is 110 Å². The molecule has 0 heterocycles. The van der Waals surface area contributed by atoms with E-state index in [2.05, 4.69) is 0 Å². The van der Waals surface area contributed by atoms with Gasteiger partial charge in [-0.3, -0.25) is 0 Å². The van der Waals surface area contributed by atoms with E-state index >= 15 is 0 Å². The second-order valence-corrected chi connectivity index (χ2v) is 14.1. The van der Waals surface area contributed by atoms with Gasteiger partial charge in [0.25, 0.3) is 0 Å². The molecule has 374 valence electrons. The van der Waals surface area contributed by atoms with E-state index in [1.807, 2.05) is 0 Å². The number of hydrogen-bond donors (Lipinski definition) is 6. The number of hydrogen-bond acceptors (Lipinski definition) is 22. The molecule has 0 amide bonds. The summed E-state index contributed by atoms with van der Waals surface area (Å²) < 4.78 is 91.4. The van der Waals surface area contributed by atoms with Gasteiger partial charge >= 0.3 is 0 Å². The fraction of sp³-hybridized carbons (Fsp3) is 1.00. The summed E-state index contributed by atoms with van der Waals surface area (Å²) in [6, 6.07) is 0. The third kappa shape index (κ3) is 40.6. The Labute approximate surface area is 371 Å². The number of rotatable bonds is 55. The van der Waals surface area contributed by atoms with Gasteiger partial charge in [-0.1, -0.05) is 0 Å². The van der Waals surface area contributed by atoms with Crippen LogP contribution in [0.25, 0.3) is 0 Å². The van der Waals surface area contributed by atoms with Crippen LogP contribution < -0.4 is 34.4 Å². The molecule has 0 saturated heterocycles. The highest BCUT2D eigenvalue weighted by Gasteiger charge is 2.37. The Morgan fingerprint density at radius 3 is 0.484 bits per heavy atom. The van der Waals surface area contributed by atoms with Crippen molar-refractivity contribution >= 4 is 0 Å². The van der Waals surface area contributed by atoms with E-state index in [1.165, 1.54) is 0 Å². The molecule has 22 nitrogen and oxygen atoms in total. The zero-order chi connectivity index (χ0) is 45.2. The summed E-state index contributed by atoms with van der Waals surface area (Å²) in [6.45, 7) is 15.5.